The van der Waals surface area contributed by atoms with E-state index in [4.69, 9.17) is 14.2 Å². The number of carbonyl (C=O) groups is 2. The Kier molecular flexibility index (Phi) is 10.3. The van der Waals surface area contributed by atoms with Crippen LogP contribution in [0, 0.1) is 5.92 Å². The molecule has 1 saturated carbocycles. The Hall–Kier alpha value is -2.50. The van der Waals surface area contributed by atoms with E-state index in [2.05, 4.69) is 19.2 Å². The van der Waals surface area contributed by atoms with E-state index in [0.717, 1.165) is 37.7 Å². The summed E-state index contributed by atoms with van der Waals surface area (Å²) in [6.07, 6.45) is 9.45. The molecule has 1 fully saturated rings. The van der Waals surface area contributed by atoms with Crippen molar-refractivity contribution in [2.45, 2.75) is 65.3 Å². The van der Waals surface area contributed by atoms with Gasteiger partial charge in [0.1, 0.15) is 0 Å². The zero-order chi connectivity index (χ0) is 21.8. The van der Waals surface area contributed by atoms with Gasteiger partial charge in [-0.05, 0) is 55.9 Å². The van der Waals surface area contributed by atoms with Crippen molar-refractivity contribution in [3.05, 3.63) is 29.8 Å². The standard InChI is InChI=1S/C24H35NO5/c1-4-6-15-29-21-13-11-19(16-22(21)28-5-2)12-14-24(27)30-17-23(26)25-20-10-8-7-9-18(20)3/h11-14,16,18,20H,4-10,15,17H2,1-3H3,(H,25,26)/b14-12+/t18-,20+/m1/s1. The quantitative estimate of drug-likeness (QED) is 0.326. The molecule has 1 aromatic rings. The van der Waals surface area contributed by atoms with Gasteiger partial charge in [-0.15, -0.1) is 0 Å². The Morgan fingerprint density at radius 2 is 1.93 bits per heavy atom. The lowest BCUT2D eigenvalue weighted by molar-refractivity contribution is -0.144. The van der Waals surface area contributed by atoms with Gasteiger partial charge in [-0.2, -0.15) is 0 Å². The summed E-state index contributed by atoms with van der Waals surface area (Å²) in [7, 11) is 0. The molecule has 2 rings (SSSR count). The fourth-order valence-corrected chi connectivity index (χ4v) is 3.47. The van der Waals surface area contributed by atoms with E-state index in [1.54, 1.807) is 6.08 Å². The molecule has 0 spiro atoms. The minimum Gasteiger partial charge on any atom is -0.490 e. The number of hydrogen-bond acceptors (Lipinski definition) is 5. The Labute approximate surface area is 180 Å². The van der Waals surface area contributed by atoms with E-state index in [9.17, 15) is 9.59 Å². The highest BCUT2D eigenvalue weighted by Gasteiger charge is 2.22. The molecular formula is C24H35NO5. The number of ether oxygens (including phenoxy) is 3. The maximum absolute atomic E-state index is 12.1. The molecule has 0 radical (unpaired) electrons. The topological polar surface area (TPSA) is 73.9 Å². The number of benzene rings is 1. The van der Waals surface area contributed by atoms with Crippen LogP contribution < -0.4 is 14.8 Å². The number of amides is 1. The van der Waals surface area contributed by atoms with Crippen LogP contribution in [0.3, 0.4) is 0 Å². The van der Waals surface area contributed by atoms with Crippen molar-refractivity contribution in [2.24, 2.45) is 5.92 Å². The fraction of sp³-hybridized carbons (Fsp3) is 0.583. The molecule has 1 amide bonds. The molecule has 1 aliphatic carbocycles. The lowest BCUT2D eigenvalue weighted by Gasteiger charge is -2.29. The molecule has 6 nitrogen and oxygen atoms in total. The van der Waals surface area contributed by atoms with E-state index < -0.39 is 5.97 Å². The maximum atomic E-state index is 12.1. The van der Waals surface area contributed by atoms with Crippen molar-refractivity contribution < 1.29 is 23.8 Å². The van der Waals surface area contributed by atoms with E-state index in [0.29, 0.717) is 30.6 Å². The Morgan fingerprint density at radius 1 is 1.13 bits per heavy atom. The van der Waals surface area contributed by atoms with E-state index in [-0.39, 0.29) is 18.6 Å². The van der Waals surface area contributed by atoms with Crippen molar-refractivity contribution in [2.75, 3.05) is 19.8 Å². The molecule has 30 heavy (non-hydrogen) atoms. The third-order valence-electron chi connectivity index (χ3n) is 5.24. The van der Waals surface area contributed by atoms with Crippen molar-refractivity contribution in [1.82, 2.24) is 5.32 Å². The number of carbonyl (C=O) groups excluding carboxylic acids is 2. The maximum Gasteiger partial charge on any atom is 0.331 e. The van der Waals surface area contributed by atoms with Crippen LogP contribution in [0.2, 0.25) is 0 Å². The molecule has 0 aliphatic heterocycles. The summed E-state index contributed by atoms with van der Waals surface area (Å²) < 4.78 is 16.5. The highest BCUT2D eigenvalue weighted by molar-refractivity contribution is 5.89. The Balaban J connectivity index is 1.84. The number of nitrogens with one attached hydrogen (secondary N) is 1. The largest absolute Gasteiger partial charge is 0.490 e. The highest BCUT2D eigenvalue weighted by atomic mass is 16.5. The summed E-state index contributed by atoms with van der Waals surface area (Å²) in [4.78, 5) is 24.0. The van der Waals surface area contributed by atoms with E-state index in [1.807, 2.05) is 25.1 Å². The van der Waals surface area contributed by atoms with Gasteiger partial charge in [-0.25, -0.2) is 4.79 Å². The Bertz CT molecular complexity index is 716. The first-order valence-corrected chi connectivity index (χ1v) is 11.1. The average molecular weight is 418 g/mol. The first kappa shape index (κ1) is 23.8. The minimum atomic E-state index is -0.553. The zero-order valence-electron chi connectivity index (χ0n) is 18.4. The molecule has 1 N–H and O–H groups in total. The second-order valence-electron chi connectivity index (χ2n) is 7.72. The molecule has 1 aliphatic rings. The van der Waals surface area contributed by atoms with Crippen LogP contribution in [-0.4, -0.2) is 37.7 Å². The van der Waals surface area contributed by atoms with Crippen LogP contribution >= 0.6 is 0 Å². The third-order valence-corrected chi connectivity index (χ3v) is 5.24. The van der Waals surface area contributed by atoms with Crippen LogP contribution in [0.1, 0.15) is 64.9 Å². The lowest BCUT2D eigenvalue weighted by Crippen LogP contribution is -2.42. The fourth-order valence-electron chi connectivity index (χ4n) is 3.47. The summed E-state index contributed by atoms with van der Waals surface area (Å²) in [6.45, 7) is 7.07. The van der Waals surface area contributed by atoms with E-state index >= 15 is 0 Å². The van der Waals surface area contributed by atoms with Crippen molar-refractivity contribution in [3.8, 4) is 11.5 Å². The van der Waals surface area contributed by atoms with Gasteiger partial charge < -0.3 is 19.5 Å². The van der Waals surface area contributed by atoms with Crippen molar-refractivity contribution in [1.29, 1.82) is 0 Å². The number of rotatable bonds is 11. The highest BCUT2D eigenvalue weighted by Crippen LogP contribution is 2.29. The predicted octanol–water partition coefficient (Wildman–Crippen LogP) is 4.52. The van der Waals surface area contributed by atoms with Gasteiger partial charge in [0.2, 0.25) is 0 Å². The molecule has 0 heterocycles. The average Bonchev–Trinajstić information content (AvgIpc) is 2.74. The van der Waals surface area contributed by atoms with Gasteiger partial charge in [0.25, 0.3) is 5.91 Å². The summed E-state index contributed by atoms with van der Waals surface area (Å²) in [5.41, 5.74) is 0.790. The van der Waals surface area contributed by atoms with Gasteiger partial charge >= 0.3 is 5.97 Å². The summed E-state index contributed by atoms with van der Waals surface area (Å²) >= 11 is 0. The lowest BCUT2D eigenvalue weighted by atomic mass is 9.86. The Morgan fingerprint density at radius 3 is 2.67 bits per heavy atom. The first-order valence-electron chi connectivity index (χ1n) is 11.1. The summed E-state index contributed by atoms with van der Waals surface area (Å²) in [5, 5.41) is 2.98. The van der Waals surface area contributed by atoms with Crippen LogP contribution in [0.25, 0.3) is 6.08 Å². The number of unbranched alkanes of at least 4 members (excludes halogenated alkanes) is 1. The normalized spacial score (nSPS) is 18.8. The second kappa shape index (κ2) is 12.9. The first-order chi connectivity index (χ1) is 14.5. The van der Waals surface area contributed by atoms with Gasteiger partial charge in [-0.3, -0.25) is 4.79 Å². The van der Waals surface area contributed by atoms with E-state index in [1.165, 1.54) is 12.5 Å². The molecule has 0 unspecified atom stereocenters. The van der Waals surface area contributed by atoms with Gasteiger partial charge in [0.15, 0.2) is 18.1 Å². The minimum absolute atomic E-state index is 0.176. The SMILES string of the molecule is CCCCOc1ccc(/C=C/C(=O)OCC(=O)N[C@H]2CCCC[C@H]2C)cc1OCC. The van der Waals surface area contributed by atoms with Crippen LogP contribution in [0.15, 0.2) is 24.3 Å². The molecule has 0 bridgehead atoms. The molecule has 1 aromatic carbocycles. The number of esters is 1. The van der Waals surface area contributed by atoms with Crippen LogP contribution in [-0.2, 0) is 14.3 Å². The number of hydrogen-bond donors (Lipinski definition) is 1. The smallest absolute Gasteiger partial charge is 0.331 e. The third kappa shape index (κ3) is 8.09. The van der Waals surface area contributed by atoms with Gasteiger partial charge in [0.05, 0.1) is 13.2 Å². The molecule has 166 valence electrons. The molecule has 0 aromatic heterocycles. The van der Waals surface area contributed by atoms with Gasteiger partial charge in [0, 0.05) is 12.1 Å². The summed E-state index contributed by atoms with van der Waals surface area (Å²) in [6, 6.07) is 5.69. The summed E-state index contributed by atoms with van der Waals surface area (Å²) in [5.74, 6) is 1.00. The monoisotopic (exact) mass is 417 g/mol. The van der Waals surface area contributed by atoms with Crippen molar-refractivity contribution in [3.63, 3.8) is 0 Å². The van der Waals surface area contributed by atoms with Crippen LogP contribution in [0.5, 0.6) is 11.5 Å². The zero-order valence-corrected chi connectivity index (χ0v) is 18.4. The molecular weight excluding hydrogens is 382 g/mol. The molecule has 0 saturated heterocycles. The predicted molar refractivity (Wildman–Crippen MR) is 118 cm³/mol. The second-order valence-corrected chi connectivity index (χ2v) is 7.72. The molecule has 6 heteroatoms. The van der Waals surface area contributed by atoms with Gasteiger partial charge in [-0.1, -0.05) is 39.2 Å². The molecule has 2 atom stereocenters. The van der Waals surface area contributed by atoms with Crippen molar-refractivity contribution >= 4 is 18.0 Å². The van der Waals surface area contributed by atoms with Crippen LogP contribution in [0.4, 0.5) is 0 Å².